The standard InChI is InChI=1S/C13H18N2O4S/c1-9-5-10-11(19-8-18-10)6-12(9)20(16,17)15-7-13(14)3-2-4-13/h5-6,15H,2-4,7-8,14H2,1H3. The van der Waals surface area contributed by atoms with Crippen LogP contribution in [-0.4, -0.2) is 27.3 Å². The predicted octanol–water partition coefficient (Wildman–Crippen LogP) is 0.883. The lowest BCUT2D eigenvalue weighted by Gasteiger charge is -2.38. The van der Waals surface area contributed by atoms with E-state index >= 15 is 0 Å². The Morgan fingerprint density at radius 3 is 2.55 bits per heavy atom. The molecule has 1 saturated carbocycles. The number of hydrogen-bond acceptors (Lipinski definition) is 5. The molecule has 1 aliphatic heterocycles. The summed E-state index contributed by atoms with van der Waals surface area (Å²) in [6.07, 6.45) is 2.77. The maximum atomic E-state index is 12.4. The van der Waals surface area contributed by atoms with Crippen LogP contribution in [-0.2, 0) is 10.0 Å². The molecule has 0 saturated heterocycles. The number of rotatable bonds is 4. The highest BCUT2D eigenvalue weighted by Crippen LogP contribution is 2.36. The van der Waals surface area contributed by atoms with Crippen LogP contribution in [0, 0.1) is 6.92 Å². The van der Waals surface area contributed by atoms with Gasteiger partial charge in [0, 0.05) is 18.2 Å². The number of benzene rings is 1. The van der Waals surface area contributed by atoms with E-state index < -0.39 is 15.6 Å². The van der Waals surface area contributed by atoms with Crippen molar-refractivity contribution < 1.29 is 17.9 Å². The average molecular weight is 298 g/mol. The number of hydrogen-bond donors (Lipinski definition) is 2. The van der Waals surface area contributed by atoms with Crippen LogP contribution in [0.2, 0.25) is 0 Å². The van der Waals surface area contributed by atoms with Gasteiger partial charge in [-0.15, -0.1) is 0 Å². The fraction of sp³-hybridized carbons (Fsp3) is 0.538. The van der Waals surface area contributed by atoms with Gasteiger partial charge in [-0.1, -0.05) is 0 Å². The summed E-state index contributed by atoms with van der Waals surface area (Å²) in [5.74, 6) is 1.04. The van der Waals surface area contributed by atoms with E-state index in [1.807, 2.05) is 0 Å². The van der Waals surface area contributed by atoms with E-state index in [9.17, 15) is 8.42 Å². The van der Waals surface area contributed by atoms with E-state index in [1.165, 1.54) is 6.07 Å². The minimum atomic E-state index is -3.59. The molecule has 3 N–H and O–H groups in total. The third-order valence-corrected chi connectivity index (χ3v) is 5.47. The Balaban J connectivity index is 1.83. The molecule has 1 fully saturated rings. The van der Waals surface area contributed by atoms with Crippen molar-refractivity contribution in [1.29, 1.82) is 0 Å². The Bertz CT molecular complexity index is 638. The van der Waals surface area contributed by atoms with Crippen molar-refractivity contribution in [3.05, 3.63) is 17.7 Å². The zero-order chi connectivity index (χ0) is 14.4. The second-order valence-corrected chi connectivity index (χ2v) is 7.25. The maximum Gasteiger partial charge on any atom is 0.241 e. The monoisotopic (exact) mass is 298 g/mol. The van der Waals surface area contributed by atoms with E-state index in [2.05, 4.69) is 4.72 Å². The van der Waals surface area contributed by atoms with Gasteiger partial charge in [-0.25, -0.2) is 13.1 Å². The first-order valence-electron chi connectivity index (χ1n) is 6.58. The number of ether oxygens (including phenoxy) is 2. The third kappa shape index (κ3) is 2.36. The Kier molecular flexibility index (Phi) is 3.15. The quantitative estimate of drug-likeness (QED) is 0.861. The Morgan fingerprint density at radius 2 is 1.95 bits per heavy atom. The summed E-state index contributed by atoms with van der Waals surface area (Å²) in [5, 5.41) is 0. The van der Waals surface area contributed by atoms with Gasteiger partial charge in [0.2, 0.25) is 16.8 Å². The Hall–Kier alpha value is -1.31. The molecular weight excluding hydrogens is 280 g/mol. The van der Waals surface area contributed by atoms with E-state index in [4.69, 9.17) is 15.2 Å². The first-order valence-corrected chi connectivity index (χ1v) is 8.07. The average Bonchev–Trinajstić information content (AvgIpc) is 2.80. The van der Waals surface area contributed by atoms with Crippen molar-refractivity contribution in [1.82, 2.24) is 4.72 Å². The lowest BCUT2D eigenvalue weighted by molar-refractivity contribution is 0.174. The number of sulfonamides is 1. The molecule has 3 rings (SSSR count). The summed E-state index contributed by atoms with van der Waals surface area (Å²) < 4.78 is 37.8. The molecule has 2 aliphatic rings. The molecule has 0 unspecified atom stereocenters. The summed E-state index contributed by atoms with van der Waals surface area (Å²) in [6.45, 7) is 2.12. The van der Waals surface area contributed by atoms with Crippen molar-refractivity contribution >= 4 is 10.0 Å². The second-order valence-electron chi connectivity index (χ2n) is 5.51. The van der Waals surface area contributed by atoms with Gasteiger partial charge >= 0.3 is 0 Å². The Morgan fingerprint density at radius 1 is 1.30 bits per heavy atom. The molecule has 1 aliphatic carbocycles. The lowest BCUT2D eigenvalue weighted by atomic mass is 9.78. The molecule has 7 heteroatoms. The van der Waals surface area contributed by atoms with Crippen molar-refractivity contribution in [3.8, 4) is 11.5 Å². The second kappa shape index (κ2) is 4.61. The predicted molar refractivity (Wildman–Crippen MR) is 73.3 cm³/mol. The fourth-order valence-corrected chi connectivity index (χ4v) is 3.82. The van der Waals surface area contributed by atoms with Gasteiger partial charge in [0.05, 0.1) is 4.90 Å². The van der Waals surface area contributed by atoms with Crippen LogP contribution in [0.5, 0.6) is 11.5 Å². The van der Waals surface area contributed by atoms with Gasteiger partial charge in [0.25, 0.3) is 0 Å². The summed E-state index contributed by atoms with van der Waals surface area (Å²) in [4.78, 5) is 0.213. The SMILES string of the molecule is Cc1cc2c(cc1S(=O)(=O)NCC1(N)CCC1)OCO2. The summed E-state index contributed by atoms with van der Waals surface area (Å²) in [7, 11) is -3.59. The molecule has 1 aromatic rings. The zero-order valence-corrected chi connectivity index (χ0v) is 12.1. The van der Waals surface area contributed by atoms with Gasteiger partial charge in [-0.05, 0) is 37.8 Å². The normalized spacial score (nSPS) is 19.7. The Labute approximate surface area is 118 Å². The van der Waals surface area contributed by atoms with Crippen molar-refractivity contribution in [3.63, 3.8) is 0 Å². The van der Waals surface area contributed by atoms with Crippen LogP contribution >= 0.6 is 0 Å². The van der Waals surface area contributed by atoms with Gasteiger partial charge in [0.15, 0.2) is 11.5 Å². The molecule has 6 nitrogen and oxygen atoms in total. The molecular formula is C13H18N2O4S. The van der Waals surface area contributed by atoms with Gasteiger partial charge in [-0.2, -0.15) is 0 Å². The molecule has 20 heavy (non-hydrogen) atoms. The first-order chi connectivity index (χ1) is 9.40. The minimum absolute atomic E-state index is 0.123. The van der Waals surface area contributed by atoms with Crippen LogP contribution in [0.4, 0.5) is 0 Å². The molecule has 0 radical (unpaired) electrons. The number of nitrogens with two attached hydrogens (primary N) is 1. The van der Waals surface area contributed by atoms with Gasteiger partial charge in [0.1, 0.15) is 0 Å². The molecule has 0 aromatic heterocycles. The molecule has 0 atom stereocenters. The highest BCUT2D eigenvalue weighted by molar-refractivity contribution is 7.89. The van der Waals surface area contributed by atoms with Gasteiger partial charge < -0.3 is 15.2 Å². The van der Waals surface area contributed by atoms with E-state index in [0.717, 1.165) is 19.3 Å². The van der Waals surface area contributed by atoms with Crippen LogP contribution in [0.1, 0.15) is 24.8 Å². The third-order valence-electron chi connectivity index (χ3n) is 3.92. The zero-order valence-electron chi connectivity index (χ0n) is 11.3. The van der Waals surface area contributed by atoms with Crippen LogP contribution in [0.3, 0.4) is 0 Å². The minimum Gasteiger partial charge on any atom is -0.454 e. The van der Waals surface area contributed by atoms with Crippen molar-refractivity contribution in [2.75, 3.05) is 13.3 Å². The fourth-order valence-electron chi connectivity index (χ4n) is 2.44. The molecule has 0 bridgehead atoms. The summed E-state index contributed by atoms with van der Waals surface area (Å²) >= 11 is 0. The molecule has 110 valence electrons. The molecule has 0 amide bonds. The number of aryl methyl sites for hydroxylation is 1. The maximum absolute atomic E-state index is 12.4. The smallest absolute Gasteiger partial charge is 0.241 e. The van der Waals surface area contributed by atoms with Crippen molar-refractivity contribution in [2.45, 2.75) is 36.6 Å². The number of nitrogens with one attached hydrogen (secondary N) is 1. The highest BCUT2D eigenvalue weighted by Gasteiger charge is 2.34. The molecule has 1 heterocycles. The largest absolute Gasteiger partial charge is 0.454 e. The van der Waals surface area contributed by atoms with E-state index in [-0.39, 0.29) is 18.2 Å². The van der Waals surface area contributed by atoms with Crippen molar-refractivity contribution in [2.24, 2.45) is 5.73 Å². The first kappa shape index (κ1) is 13.7. The topological polar surface area (TPSA) is 90.7 Å². The molecule has 1 aromatic carbocycles. The lowest BCUT2D eigenvalue weighted by Crippen LogP contribution is -2.54. The number of fused-ring (bicyclic) bond motifs is 1. The van der Waals surface area contributed by atoms with Crippen LogP contribution < -0.4 is 19.9 Å². The summed E-state index contributed by atoms with van der Waals surface area (Å²) in [6, 6.07) is 3.18. The highest BCUT2D eigenvalue weighted by atomic mass is 32.2. The summed E-state index contributed by atoms with van der Waals surface area (Å²) in [5.41, 5.74) is 6.28. The van der Waals surface area contributed by atoms with Gasteiger partial charge in [-0.3, -0.25) is 0 Å². The van der Waals surface area contributed by atoms with E-state index in [1.54, 1.807) is 13.0 Å². The van der Waals surface area contributed by atoms with E-state index in [0.29, 0.717) is 17.1 Å². The molecule has 0 spiro atoms. The van der Waals surface area contributed by atoms with Crippen LogP contribution in [0.25, 0.3) is 0 Å². The van der Waals surface area contributed by atoms with Crippen LogP contribution in [0.15, 0.2) is 17.0 Å².